The maximum absolute atomic E-state index is 13.2. The van der Waals surface area contributed by atoms with Gasteiger partial charge in [-0.1, -0.05) is 42.7 Å². The molecule has 1 unspecified atom stereocenters. The quantitative estimate of drug-likeness (QED) is 0.556. The van der Waals surface area contributed by atoms with E-state index in [1.807, 2.05) is 6.08 Å². The van der Waals surface area contributed by atoms with E-state index in [4.69, 9.17) is 11.6 Å². The Morgan fingerprint density at radius 1 is 1.35 bits per heavy atom. The zero-order valence-corrected chi connectivity index (χ0v) is 10.6. The fraction of sp³-hybridized carbons (Fsp3) is 0.429. The van der Waals surface area contributed by atoms with Crippen LogP contribution in [0.3, 0.4) is 0 Å². The maximum Gasteiger partial charge on any atom is 0.142 e. The van der Waals surface area contributed by atoms with Crippen LogP contribution in [-0.2, 0) is 0 Å². The lowest BCUT2D eigenvalue weighted by molar-refractivity contribution is 0.163. The molecule has 0 heterocycles. The van der Waals surface area contributed by atoms with Gasteiger partial charge in [0.15, 0.2) is 0 Å². The van der Waals surface area contributed by atoms with Crippen LogP contribution in [0, 0.1) is 5.82 Å². The van der Waals surface area contributed by atoms with Gasteiger partial charge in [-0.05, 0) is 25.3 Å². The predicted octanol–water partition coefficient (Wildman–Crippen LogP) is 4.65. The van der Waals surface area contributed by atoms with Gasteiger partial charge in [-0.2, -0.15) is 0 Å². The Balaban J connectivity index is 2.44. The highest BCUT2D eigenvalue weighted by molar-refractivity contribution is 6.31. The minimum absolute atomic E-state index is 0.0334. The van der Waals surface area contributed by atoms with Crippen LogP contribution in [0.5, 0.6) is 0 Å². The van der Waals surface area contributed by atoms with E-state index in [0.29, 0.717) is 12.0 Å². The summed E-state index contributed by atoms with van der Waals surface area (Å²) >= 11 is 5.80. The van der Waals surface area contributed by atoms with E-state index < -0.39 is 11.9 Å². The Kier molecular flexibility index (Phi) is 6.23. The number of hydrogen-bond donors (Lipinski definition) is 1. The Morgan fingerprint density at radius 2 is 2.12 bits per heavy atom. The van der Waals surface area contributed by atoms with Crippen molar-refractivity contribution in [2.24, 2.45) is 0 Å². The zero-order valence-electron chi connectivity index (χ0n) is 9.83. The predicted molar refractivity (Wildman–Crippen MR) is 69.7 cm³/mol. The zero-order chi connectivity index (χ0) is 12.7. The van der Waals surface area contributed by atoms with Crippen LogP contribution in [0.1, 0.15) is 43.8 Å². The minimum Gasteiger partial charge on any atom is -0.388 e. The normalized spacial score (nSPS) is 12.4. The number of allylic oxidation sites excluding steroid dienone is 1. The molecule has 1 nitrogen and oxygen atoms in total. The number of halogens is 2. The fourth-order valence-corrected chi connectivity index (χ4v) is 1.99. The SMILES string of the molecule is C=CCCCCCC(O)c1cccc(F)c1Cl. The van der Waals surface area contributed by atoms with Crippen molar-refractivity contribution < 1.29 is 9.50 Å². The summed E-state index contributed by atoms with van der Waals surface area (Å²) in [4.78, 5) is 0. The van der Waals surface area contributed by atoms with Gasteiger partial charge in [-0.25, -0.2) is 4.39 Å². The summed E-state index contributed by atoms with van der Waals surface area (Å²) < 4.78 is 13.2. The Hall–Kier alpha value is -0.860. The van der Waals surface area contributed by atoms with Crippen LogP contribution in [0.4, 0.5) is 4.39 Å². The smallest absolute Gasteiger partial charge is 0.142 e. The Bertz CT molecular complexity index is 365. The molecule has 0 bridgehead atoms. The number of aliphatic hydroxyl groups excluding tert-OH is 1. The first kappa shape index (κ1) is 14.2. The first-order valence-electron chi connectivity index (χ1n) is 5.89. The van der Waals surface area contributed by atoms with Crippen LogP contribution in [0.15, 0.2) is 30.9 Å². The van der Waals surface area contributed by atoms with E-state index in [-0.39, 0.29) is 5.02 Å². The summed E-state index contributed by atoms with van der Waals surface area (Å²) in [6.45, 7) is 3.65. The molecule has 1 aromatic carbocycles. The summed E-state index contributed by atoms with van der Waals surface area (Å²) in [5, 5.41) is 9.94. The topological polar surface area (TPSA) is 20.2 Å². The fourth-order valence-electron chi connectivity index (χ4n) is 1.74. The monoisotopic (exact) mass is 256 g/mol. The molecule has 0 aliphatic heterocycles. The Labute approximate surface area is 107 Å². The van der Waals surface area contributed by atoms with Crippen molar-refractivity contribution in [3.8, 4) is 0 Å². The van der Waals surface area contributed by atoms with Crippen molar-refractivity contribution in [2.45, 2.75) is 38.2 Å². The number of unbranched alkanes of at least 4 members (excludes halogenated alkanes) is 3. The van der Waals surface area contributed by atoms with Gasteiger partial charge in [0.05, 0.1) is 11.1 Å². The molecule has 0 saturated heterocycles. The number of aliphatic hydroxyl groups is 1. The van der Waals surface area contributed by atoms with Gasteiger partial charge in [0, 0.05) is 5.56 Å². The van der Waals surface area contributed by atoms with Crippen molar-refractivity contribution in [3.63, 3.8) is 0 Å². The van der Waals surface area contributed by atoms with Crippen molar-refractivity contribution >= 4 is 11.6 Å². The van der Waals surface area contributed by atoms with Gasteiger partial charge >= 0.3 is 0 Å². The molecule has 0 aromatic heterocycles. The van der Waals surface area contributed by atoms with Crippen molar-refractivity contribution in [2.75, 3.05) is 0 Å². The molecule has 1 aromatic rings. The van der Waals surface area contributed by atoms with Gasteiger partial charge in [0.25, 0.3) is 0 Å². The summed E-state index contributed by atoms with van der Waals surface area (Å²) in [5.41, 5.74) is 0.482. The van der Waals surface area contributed by atoms with Crippen molar-refractivity contribution in [1.29, 1.82) is 0 Å². The van der Waals surface area contributed by atoms with Crippen LogP contribution in [-0.4, -0.2) is 5.11 Å². The van der Waals surface area contributed by atoms with E-state index in [2.05, 4.69) is 6.58 Å². The highest BCUT2D eigenvalue weighted by atomic mass is 35.5. The third kappa shape index (κ3) is 4.49. The van der Waals surface area contributed by atoms with Crippen molar-refractivity contribution in [1.82, 2.24) is 0 Å². The van der Waals surface area contributed by atoms with Crippen molar-refractivity contribution in [3.05, 3.63) is 47.3 Å². The number of rotatable bonds is 7. The third-order valence-corrected chi connectivity index (χ3v) is 3.13. The van der Waals surface area contributed by atoms with E-state index in [1.165, 1.54) is 6.07 Å². The van der Waals surface area contributed by atoms with Gasteiger partial charge < -0.3 is 5.11 Å². The first-order valence-corrected chi connectivity index (χ1v) is 6.27. The molecule has 1 atom stereocenters. The average molecular weight is 257 g/mol. The molecule has 1 rings (SSSR count). The van der Waals surface area contributed by atoms with E-state index in [1.54, 1.807) is 12.1 Å². The molecule has 0 aliphatic carbocycles. The average Bonchev–Trinajstić information content (AvgIpc) is 2.32. The minimum atomic E-state index is -0.679. The molecule has 1 N–H and O–H groups in total. The molecule has 0 amide bonds. The highest BCUT2D eigenvalue weighted by Gasteiger charge is 2.13. The van der Waals surface area contributed by atoms with E-state index in [0.717, 1.165) is 25.7 Å². The van der Waals surface area contributed by atoms with Crippen LogP contribution < -0.4 is 0 Å². The molecule has 0 spiro atoms. The van der Waals surface area contributed by atoms with Gasteiger partial charge in [-0.3, -0.25) is 0 Å². The second-order valence-corrected chi connectivity index (χ2v) is 4.46. The standard InChI is InChI=1S/C14H18ClFO/c1-2-3-4-5-6-10-13(17)11-8-7-9-12(16)14(11)15/h2,7-9,13,17H,1,3-6,10H2. The summed E-state index contributed by atoms with van der Waals surface area (Å²) in [7, 11) is 0. The summed E-state index contributed by atoms with van der Waals surface area (Å²) in [5.74, 6) is -0.477. The molecular formula is C14H18ClFO. The molecule has 0 radical (unpaired) electrons. The third-order valence-electron chi connectivity index (χ3n) is 2.73. The lowest BCUT2D eigenvalue weighted by atomic mass is 10.0. The van der Waals surface area contributed by atoms with Gasteiger partial charge in [-0.15, -0.1) is 6.58 Å². The van der Waals surface area contributed by atoms with Gasteiger partial charge in [0.2, 0.25) is 0 Å². The lowest BCUT2D eigenvalue weighted by Crippen LogP contribution is -1.99. The lowest BCUT2D eigenvalue weighted by Gasteiger charge is -2.12. The van der Waals surface area contributed by atoms with Gasteiger partial charge in [0.1, 0.15) is 5.82 Å². The Morgan fingerprint density at radius 3 is 2.82 bits per heavy atom. The second-order valence-electron chi connectivity index (χ2n) is 4.09. The van der Waals surface area contributed by atoms with Crippen LogP contribution in [0.2, 0.25) is 5.02 Å². The molecule has 94 valence electrons. The second kappa shape index (κ2) is 7.46. The highest BCUT2D eigenvalue weighted by Crippen LogP contribution is 2.28. The van der Waals surface area contributed by atoms with Crippen LogP contribution in [0.25, 0.3) is 0 Å². The maximum atomic E-state index is 13.2. The molecule has 0 saturated carbocycles. The molecule has 0 fully saturated rings. The first-order chi connectivity index (χ1) is 8.16. The molecule has 0 aliphatic rings. The van der Waals surface area contributed by atoms with E-state index in [9.17, 15) is 9.50 Å². The number of benzene rings is 1. The number of hydrogen-bond acceptors (Lipinski definition) is 1. The van der Waals surface area contributed by atoms with Crippen LogP contribution >= 0.6 is 11.6 Å². The van der Waals surface area contributed by atoms with E-state index >= 15 is 0 Å². The molecule has 3 heteroatoms. The summed E-state index contributed by atoms with van der Waals surface area (Å²) in [6, 6.07) is 4.53. The largest absolute Gasteiger partial charge is 0.388 e. The molecule has 17 heavy (non-hydrogen) atoms. The summed E-state index contributed by atoms with van der Waals surface area (Å²) in [6.07, 6.45) is 5.84. The molecular weight excluding hydrogens is 239 g/mol.